The first-order chi connectivity index (χ1) is 13.1. The van der Waals surface area contributed by atoms with Gasteiger partial charge in [-0.2, -0.15) is 0 Å². The topological polar surface area (TPSA) is 49.9 Å². The highest BCUT2D eigenvalue weighted by Crippen LogP contribution is 2.26. The standard InChI is InChI=1S/C21H29ClN2O3/c1-2-27-21(26)17-6-4-11-23(15-17)19-8-9-20(25)24(12-10-19)14-16-5-3-7-18(22)13-16/h3,5,7,13,17,19H,2,4,6,8-12,14-15H2,1H3. The molecule has 0 spiro atoms. The molecule has 0 bridgehead atoms. The molecule has 2 fully saturated rings. The van der Waals surface area contributed by atoms with E-state index in [0.717, 1.165) is 50.9 Å². The summed E-state index contributed by atoms with van der Waals surface area (Å²) in [5.41, 5.74) is 1.06. The minimum absolute atomic E-state index is 0.0276. The molecule has 5 nitrogen and oxygen atoms in total. The monoisotopic (exact) mass is 392 g/mol. The van der Waals surface area contributed by atoms with Crippen molar-refractivity contribution in [2.24, 2.45) is 5.92 Å². The van der Waals surface area contributed by atoms with Crippen molar-refractivity contribution < 1.29 is 14.3 Å². The number of likely N-dealkylation sites (tertiary alicyclic amines) is 2. The Hall–Kier alpha value is -1.59. The number of halogens is 1. The Kier molecular flexibility index (Phi) is 7.13. The molecule has 1 aromatic rings. The first kappa shape index (κ1) is 20.2. The molecule has 0 saturated carbocycles. The van der Waals surface area contributed by atoms with Crippen LogP contribution in [0.25, 0.3) is 0 Å². The summed E-state index contributed by atoms with van der Waals surface area (Å²) in [6.45, 7) is 5.40. The summed E-state index contributed by atoms with van der Waals surface area (Å²) in [6.07, 6.45) is 4.29. The van der Waals surface area contributed by atoms with Crippen molar-refractivity contribution in [2.45, 2.75) is 51.6 Å². The lowest BCUT2D eigenvalue weighted by Gasteiger charge is -2.37. The zero-order chi connectivity index (χ0) is 19.2. The second kappa shape index (κ2) is 9.56. The summed E-state index contributed by atoms with van der Waals surface area (Å²) < 4.78 is 5.21. The van der Waals surface area contributed by atoms with Crippen LogP contribution in [0.3, 0.4) is 0 Å². The summed E-state index contributed by atoms with van der Waals surface area (Å²) in [7, 11) is 0. The van der Waals surface area contributed by atoms with Gasteiger partial charge in [0.2, 0.25) is 5.91 Å². The Bertz CT molecular complexity index is 667. The van der Waals surface area contributed by atoms with Crippen LogP contribution in [0.1, 0.15) is 44.6 Å². The van der Waals surface area contributed by atoms with Gasteiger partial charge >= 0.3 is 5.97 Å². The number of ether oxygens (including phenoxy) is 1. The SMILES string of the molecule is CCOC(=O)C1CCCN(C2CCC(=O)N(Cc3cccc(Cl)c3)CC2)C1. The predicted octanol–water partition coefficient (Wildman–Crippen LogP) is 3.50. The molecule has 2 aliphatic heterocycles. The van der Waals surface area contributed by atoms with Gasteiger partial charge in [0.25, 0.3) is 0 Å². The van der Waals surface area contributed by atoms with Crippen LogP contribution in [0, 0.1) is 5.92 Å². The average Bonchev–Trinajstić information content (AvgIpc) is 2.84. The normalized spacial score (nSPS) is 24.5. The molecule has 1 amide bonds. The molecular weight excluding hydrogens is 364 g/mol. The van der Waals surface area contributed by atoms with Crippen LogP contribution in [-0.4, -0.2) is 54.0 Å². The highest BCUT2D eigenvalue weighted by molar-refractivity contribution is 6.30. The van der Waals surface area contributed by atoms with E-state index < -0.39 is 0 Å². The Morgan fingerprint density at radius 2 is 2.11 bits per heavy atom. The second-order valence-corrected chi connectivity index (χ2v) is 7.95. The molecule has 3 rings (SSSR count). The molecule has 0 radical (unpaired) electrons. The summed E-state index contributed by atoms with van der Waals surface area (Å²) in [5, 5.41) is 0.700. The van der Waals surface area contributed by atoms with Gasteiger partial charge in [-0.1, -0.05) is 23.7 Å². The maximum absolute atomic E-state index is 12.6. The van der Waals surface area contributed by atoms with Crippen LogP contribution >= 0.6 is 11.6 Å². The number of hydrogen-bond acceptors (Lipinski definition) is 4. The number of carbonyl (C=O) groups is 2. The van der Waals surface area contributed by atoms with Crippen molar-refractivity contribution in [3.8, 4) is 0 Å². The van der Waals surface area contributed by atoms with E-state index in [4.69, 9.17) is 16.3 Å². The molecule has 2 aliphatic rings. The van der Waals surface area contributed by atoms with Crippen molar-refractivity contribution in [1.82, 2.24) is 9.80 Å². The third kappa shape index (κ3) is 5.45. The number of piperidine rings is 1. The van der Waals surface area contributed by atoms with E-state index in [1.54, 1.807) is 0 Å². The lowest BCUT2D eigenvalue weighted by atomic mass is 9.95. The predicted molar refractivity (Wildman–Crippen MR) is 105 cm³/mol. The Balaban J connectivity index is 1.58. The Morgan fingerprint density at radius 3 is 2.89 bits per heavy atom. The van der Waals surface area contributed by atoms with E-state index in [-0.39, 0.29) is 17.8 Å². The van der Waals surface area contributed by atoms with E-state index >= 15 is 0 Å². The number of carbonyl (C=O) groups excluding carboxylic acids is 2. The fourth-order valence-corrected chi connectivity index (χ4v) is 4.41. The molecule has 2 atom stereocenters. The largest absolute Gasteiger partial charge is 0.466 e. The molecule has 2 heterocycles. The number of benzene rings is 1. The van der Waals surface area contributed by atoms with Crippen molar-refractivity contribution in [1.29, 1.82) is 0 Å². The number of nitrogens with zero attached hydrogens (tertiary/aromatic N) is 2. The lowest BCUT2D eigenvalue weighted by molar-refractivity contribution is -0.150. The highest BCUT2D eigenvalue weighted by atomic mass is 35.5. The molecule has 6 heteroatoms. The number of hydrogen-bond donors (Lipinski definition) is 0. The van der Waals surface area contributed by atoms with Crippen LogP contribution in [-0.2, 0) is 20.9 Å². The quantitative estimate of drug-likeness (QED) is 0.719. The van der Waals surface area contributed by atoms with E-state index in [0.29, 0.717) is 30.6 Å². The number of rotatable bonds is 5. The Morgan fingerprint density at radius 1 is 1.26 bits per heavy atom. The summed E-state index contributed by atoms with van der Waals surface area (Å²) in [6, 6.07) is 8.06. The third-order valence-corrected chi connectivity index (χ3v) is 5.86. The number of amides is 1. The first-order valence-electron chi connectivity index (χ1n) is 9.99. The van der Waals surface area contributed by atoms with E-state index in [2.05, 4.69) is 4.90 Å². The van der Waals surface area contributed by atoms with Crippen LogP contribution in [0.5, 0.6) is 0 Å². The maximum atomic E-state index is 12.6. The summed E-state index contributed by atoms with van der Waals surface area (Å²) in [4.78, 5) is 29.0. The van der Waals surface area contributed by atoms with Crippen molar-refractivity contribution in [2.75, 3.05) is 26.2 Å². The van der Waals surface area contributed by atoms with Crippen LogP contribution in [0.15, 0.2) is 24.3 Å². The van der Waals surface area contributed by atoms with Gasteiger partial charge in [-0.25, -0.2) is 0 Å². The molecule has 2 saturated heterocycles. The molecular formula is C21H29ClN2O3. The average molecular weight is 393 g/mol. The van der Waals surface area contributed by atoms with Gasteiger partial charge in [0.15, 0.2) is 0 Å². The lowest BCUT2D eigenvalue weighted by Crippen LogP contribution is -2.45. The van der Waals surface area contributed by atoms with Gasteiger partial charge in [-0.3, -0.25) is 14.5 Å². The minimum atomic E-state index is -0.0746. The second-order valence-electron chi connectivity index (χ2n) is 7.51. The maximum Gasteiger partial charge on any atom is 0.310 e. The van der Waals surface area contributed by atoms with E-state index in [1.165, 1.54) is 0 Å². The third-order valence-electron chi connectivity index (χ3n) is 5.63. The summed E-state index contributed by atoms with van der Waals surface area (Å²) >= 11 is 6.07. The molecule has 27 heavy (non-hydrogen) atoms. The number of esters is 1. The van der Waals surface area contributed by atoms with Crippen molar-refractivity contribution >= 4 is 23.5 Å². The van der Waals surface area contributed by atoms with Crippen LogP contribution in [0.4, 0.5) is 0 Å². The minimum Gasteiger partial charge on any atom is -0.466 e. The van der Waals surface area contributed by atoms with Gasteiger partial charge in [0.05, 0.1) is 12.5 Å². The van der Waals surface area contributed by atoms with Crippen molar-refractivity contribution in [3.63, 3.8) is 0 Å². The van der Waals surface area contributed by atoms with Crippen LogP contribution < -0.4 is 0 Å². The van der Waals surface area contributed by atoms with Crippen molar-refractivity contribution in [3.05, 3.63) is 34.9 Å². The van der Waals surface area contributed by atoms with Gasteiger partial charge < -0.3 is 9.64 Å². The van der Waals surface area contributed by atoms with Gasteiger partial charge in [0.1, 0.15) is 0 Å². The molecule has 2 unspecified atom stereocenters. The summed E-state index contributed by atoms with van der Waals surface area (Å²) in [5.74, 6) is 0.103. The van der Waals surface area contributed by atoms with E-state index in [9.17, 15) is 9.59 Å². The zero-order valence-corrected chi connectivity index (χ0v) is 16.8. The fourth-order valence-electron chi connectivity index (χ4n) is 4.20. The van der Waals surface area contributed by atoms with Crippen LogP contribution in [0.2, 0.25) is 5.02 Å². The molecule has 0 aromatic heterocycles. The molecule has 0 aliphatic carbocycles. The zero-order valence-electron chi connectivity index (χ0n) is 16.0. The van der Waals surface area contributed by atoms with Gasteiger partial charge in [-0.05, 0) is 56.8 Å². The van der Waals surface area contributed by atoms with Gasteiger partial charge in [0, 0.05) is 37.1 Å². The molecule has 0 N–H and O–H groups in total. The van der Waals surface area contributed by atoms with Gasteiger partial charge in [-0.15, -0.1) is 0 Å². The first-order valence-corrected chi connectivity index (χ1v) is 10.4. The Labute approximate surface area is 166 Å². The molecule has 1 aromatic carbocycles. The highest BCUT2D eigenvalue weighted by Gasteiger charge is 2.32. The molecule has 148 valence electrons. The smallest absolute Gasteiger partial charge is 0.310 e. The fraction of sp³-hybridized carbons (Fsp3) is 0.619. The van der Waals surface area contributed by atoms with E-state index in [1.807, 2.05) is 36.1 Å².